The summed E-state index contributed by atoms with van der Waals surface area (Å²) in [6.45, 7) is 1.12. The summed E-state index contributed by atoms with van der Waals surface area (Å²) in [7, 11) is 0. The van der Waals surface area contributed by atoms with Crippen LogP contribution in [-0.4, -0.2) is 18.6 Å². The van der Waals surface area contributed by atoms with E-state index in [0.29, 0.717) is 25.6 Å². The topological polar surface area (TPSA) is 64.4 Å². The van der Waals surface area contributed by atoms with Gasteiger partial charge in [0.1, 0.15) is 5.75 Å². The molecule has 0 spiro atoms. The van der Waals surface area contributed by atoms with Crippen LogP contribution in [0, 0.1) is 0 Å². The van der Waals surface area contributed by atoms with Crippen molar-refractivity contribution in [2.75, 3.05) is 6.54 Å². The first kappa shape index (κ1) is 15.8. The minimum absolute atomic E-state index is 0.0583. The molecule has 4 heteroatoms. The predicted octanol–water partition coefficient (Wildman–Crippen LogP) is 2.75. The van der Waals surface area contributed by atoms with E-state index >= 15 is 0 Å². The summed E-state index contributed by atoms with van der Waals surface area (Å²) >= 11 is 0. The van der Waals surface area contributed by atoms with E-state index in [0.717, 1.165) is 17.7 Å². The molecule has 21 heavy (non-hydrogen) atoms. The van der Waals surface area contributed by atoms with Gasteiger partial charge < -0.3 is 15.8 Å². The predicted molar refractivity (Wildman–Crippen MR) is 84.1 cm³/mol. The molecule has 1 fully saturated rings. The highest BCUT2D eigenvalue weighted by molar-refractivity contribution is 5.75. The van der Waals surface area contributed by atoms with Crippen LogP contribution in [0.3, 0.4) is 0 Å². The molecule has 0 saturated heterocycles. The number of hydrogen-bond donors (Lipinski definition) is 2. The van der Waals surface area contributed by atoms with Crippen molar-refractivity contribution in [3.05, 3.63) is 29.8 Å². The van der Waals surface area contributed by atoms with Gasteiger partial charge in [-0.1, -0.05) is 18.6 Å². The summed E-state index contributed by atoms with van der Waals surface area (Å²) in [4.78, 5) is 11.5. The Morgan fingerprint density at radius 1 is 1.19 bits per heavy atom. The lowest BCUT2D eigenvalue weighted by atomic mass is 9.98. The van der Waals surface area contributed by atoms with Gasteiger partial charge in [0, 0.05) is 13.0 Å². The molecule has 1 aliphatic carbocycles. The zero-order valence-corrected chi connectivity index (χ0v) is 12.6. The van der Waals surface area contributed by atoms with Gasteiger partial charge >= 0.3 is 0 Å². The van der Waals surface area contributed by atoms with Crippen LogP contribution in [0.15, 0.2) is 24.3 Å². The van der Waals surface area contributed by atoms with Gasteiger partial charge in [-0.05, 0) is 56.3 Å². The fourth-order valence-corrected chi connectivity index (χ4v) is 2.61. The largest absolute Gasteiger partial charge is 0.490 e. The van der Waals surface area contributed by atoms with Crippen molar-refractivity contribution in [3.8, 4) is 5.75 Å². The maximum atomic E-state index is 11.5. The van der Waals surface area contributed by atoms with Crippen LogP contribution in [0.2, 0.25) is 0 Å². The van der Waals surface area contributed by atoms with Crippen molar-refractivity contribution in [3.63, 3.8) is 0 Å². The van der Waals surface area contributed by atoms with Crippen LogP contribution in [-0.2, 0) is 11.3 Å². The van der Waals surface area contributed by atoms with E-state index in [-0.39, 0.29) is 5.91 Å². The van der Waals surface area contributed by atoms with Gasteiger partial charge in [0.05, 0.1) is 6.10 Å². The third-order valence-electron chi connectivity index (χ3n) is 3.88. The Morgan fingerprint density at radius 3 is 2.57 bits per heavy atom. The van der Waals surface area contributed by atoms with Gasteiger partial charge in [0.15, 0.2) is 0 Å². The molecular formula is C17H26N2O2. The third-order valence-corrected chi connectivity index (χ3v) is 3.88. The first-order chi connectivity index (χ1) is 10.3. The van der Waals surface area contributed by atoms with E-state index in [2.05, 4.69) is 5.32 Å². The first-order valence-electron chi connectivity index (χ1n) is 8.00. The van der Waals surface area contributed by atoms with Crippen LogP contribution >= 0.6 is 0 Å². The van der Waals surface area contributed by atoms with Crippen molar-refractivity contribution < 1.29 is 9.53 Å². The Balaban J connectivity index is 1.74. The molecule has 0 radical (unpaired) electrons. The SMILES string of the molecule is NCCCC(=O)NCc1ccc(OC2CCCCC2)cc1. The van der Waals surface area contributed by atoms with E-state index in [9.17, 15) is 4.79 Å². The van der Waals surface area contributed by atoms with E-state index < -0.39 is 0 Å². The summed E-state index contributed by atoms with van der Waals surface area (Å²) in [5.74, 6) is 0.989. The van der Waals surface area contributed by atoms with Gasteiger partial charge in [-0.15, -0.1) is 0 Å². The molecule has 1 amide bonds. The number of nitrogens with one attached hydrogen (secondary N) is 1. The lowest BCUT2D eigenvalue weighted by Crippen LogP contribution is -2.23. The standard InChI is InChI=1S/C17H26N2O2/c18-12-4-7-17(20)19-13-14-8-10-16(11-9-14)21-15-5-2-1-3-6-15/h8-11,15H,1-7,12-13,18H2,(H,19,20). The zero-order valence-electron chi connectivity index (χ0n) is 12.6. The monoisotopic (exact) mass is 290 g/mol. The molecule has 2 rings (SSSR count). The number of ether oxygens (including phenoxy) is 1. The summed E-state index contributed by atoms with van der Waals surface area (Å²) < 4.78 is 5.99. The first-order valence-corrected chi connectivity index (χ1v) is 8.00. The summed E-state index contributed by atoms with van der Waals surface area (Å²) in [6.07, 6.45) is 7.83. The Bertz CT molecular complexity index is 425. The smallest absolute Gasteiger partial charge is 0.220 e. The fraction of sp³-hybridized carbons (Fsp3) is 0.588. The van der Waals surface area contributed by atoms with Crippen LogP contribution in [0.1, 0.15) is 50.5 Å². The molecule has 0 unspecified atom stereocenters. The van der Waals surface area contributed by atoms with Gasteiger partial charge in [0.25, 0.3) is 0 Å². The van der Waals surface area contributed by atoms with Crippen molar-refractivity contribution in [2.24, 2.45) is 5.73 Å². The van der Waals surface area contributed by atoms with Gasteiger partial charge in [-0.3, -0.25) is 4.79 Å². The molecule has 0 atom stereocenters. The van der Waals surface area contributed by atoms with Crippen LogP contribution < -0.4 is 15.8 Å². The quantitative estimate of drug-likeness (QED) is 0.811. The average Bonchev–Trinajstić information content (AvgIpc) is 2.53. The number of rotatable bonds is 7. The lowest BCUT2D eigenvalue weighted by molar-refractivity contribution is -0.121. The van der Waals surface area contributed by atoms with Crippen LogP contribution in [0.4, 0.5) is 0 Å². The molecule has 1 aromatic rings. The highest BCUT2D eigenvalue weighted by atomic mass is 16.5. The maximum Gasteiger partial charge on any atom is 0.220 e. The molecule has 4 nitrogen and oxygen atoms in total. The number of amides is 1. The Hall–Kier alpha value is -1.55. The molecule has 0 heterocycles. The number of benzene rings is 1. The molecule has 0 bridgehead atoms. The molecule has 1 aliphatic rings. The minimum Gasteiger partial charge on any atom is -0.490 e. The fourth-order valence-electron chi connectivity index (χ4n) is 2.61. The van der Waals surface area contributed by atoms with Gasteiger partial charge in [-0.2, -0.15) is 0 Å². The number of carbonyl (C=O) groups excluding carboxylic acids is 1. The molecule has 3 N–H and O–H groups in total. The van der Waals surface area contributed by atoms with E-state index in [1.807, 2.05) is 24.3 Å². The van der Waals surface area contributed by atoms with Gasteiger partial charge in [0.2, 0.25) is 5.91 Å². The molecular weight excluding hydrogens is 264 g/mol. The van der Waals surface area contributed by atoms with Crippen molar-refractivity contribution in [1.82, 2.24) is 5.32 Å². The summed E-state index contributed by atoms with van der Waals surface area (Å²) in [5, 5.41) is 2.90. The van der Waals surface area contributed by atoms with Gasteiger partial charge in [-0.25, -0.2) is 0 Å². The summed E-state index contributed by atoms with van der Waals surface area (Å²) in [5.41, 5.74) is 6.47. The molecule has 0 aliphatic heterocycles. The number of nitrogens with two attached hydrogens (primary N) is 1. The van der Waals surface area contributed by atoms with Crippen molar-refractivity contribution >= 4 is 5.91 Å². The maximum absolute atomic E-state index is 11.5. The van der Waals surface area contributed by atoms with E-state index in [1.54, 1.807) is 0 Å². The number of hydrogen-bond acceptors (Lipinski definition) is 3. The highest BCUT2D eigenvalue weighted by Gasteiger charge is 2.14. The lowest BCUT2D eigenvalue weighted by Gasteiger charge is -2.23. The highest BCUT2D eigenvalue weighted by Crippen LogP contribution is 2.23. The van der Waals surface area contributed by atoms with Crippen LogP contribution in [0.25, 0.3) is 0 Å². The Morgan fingerprint density at radius 2 is 1.90 bits per heavy atom. The third kappa shape index (κ3) is 5.76. The molecule has 1 aromatic carbocycles. The molecule has 0 aromatic heterocycles. The zero-order chi connectivity index (χ0) is 14.9. The van der Waals surface area contributed by atoms with Crippen LogP contribution in [0.5, 0.6) is 5.75 Å². The molecule has 116 valence electrons. The second-order valence-electron chi connectivity index (χ2n) is 5.69. The second-order valence-corrected chi connectivity index (χ2v) is 5.69. The summed E-state index contributed by atoms with van der Waals surface area (Å²) in [6, 6.07) is 8.02. The Kier molecular flexibility index (Phi) is 6.54. The second kappa shape index (κ2) is 8.67. The molecule has 1 saturated carbocycles. The van der Waals surface area contributed by atoms with E-state index in [1.165, 1.54) is 32.1 Å². The van der Waals surface area contributed by atoms with Crippen molar-refractivity contribution in [1.29, 1.82) is 0 Å². The van der Waals surface area contributed by atoms with Crippen molar-refractivity contribution in [2.45, 2.75) is 57.6 Å². The average molecular weight is 290 g/mol. The Labute approximate surface area is 127 Å². The normalized spacial score (nSPS) is 15.7. The number of carbonyl (C=O) groups is 1. The van der Waals surface area contributed by atoms with E-state index in [4.69, 9.17) is 10.5 Å². The minimum atomic E-state index is 0.0583.